The summed E-state index contributed by atoms with van der Waals surface area (Å²) in [6, 6.07) is 13.6. The molecule has 3 heteroatoms. The maximum atomic E-state index is 11.8. The van der Waals surface area contributed by atoms with Crippen molar-refractivity contribution in [3.05, 3.63) is 64.7 Å². The molecule has 124 valence electrons. The summed E-state index contributed by atoms with van der Waals surface area (Å²) in [7, 11) is 0. The lowest BCUT2D eigenvalue weighted by Crippen LogP contribution is -2.05. The quantitative estimate of drug-likeness (QED) is 0.673. The highest BCUT2D eigenvalue weighted by atomic mass is 16.4. The Labute approximate surface area is 143 Å². The van der Waals surface area contributed by atoms with Crippen LogP contribution in [0.25, 0.3) is 22.2 Å². The Morgan fingerprint density at radius 2 is 1.54 bits per heavy atom. The monoisotopic (exact) mass is 321 g/mol. The number of hydrogen-bond donors (Lipinski definition) is 1. The number of benzene rings is 2. The fourth-order valence-electron chi connectivity index (χ4n) is 2.77. The number of aromatic carboxylic acids is 1. The molecule has 3 rings (SSSR count). The zero-order valence-corrected chi connectivity index (χ0v) is 14.8. The summed E-state index contributed by atoms with van der Waals surface area (Å²) in [5.41, 5.74) is 5.62. The van der Waals surface area contributed by atoms with Gasteiger partial charge in [-0.3, -0.25) is 0 Å². The molecular formula is C21H23NO2. The predicted molar refractivity (Wildman–Crippen MR) is 99.7 cm³/mol. The van der Waals surface area contributed by atoms with E-state index < -0.39 is 5.97 Å². The predicted octanol–water partition coefficient (Wildman–Crippen LogP) is 5.55. The molecule has 0 aliphatic heterocycles. The third-order valence-corrected chi connectivity index (χ3v) is 4.10. The lowest BCUT2D eigenvalue weighted by atomic mass is 9.95. The Balaban J connectivity index is 0.00000100. The van der Waals surface area contributed by atoms with E-state index in [0.717, 1.165) is 27.9 Å². The Morgan fingerprint density at radius 1 is 0.958 bits per heavy atom. The van der Waals surface area contributed by atoms with Gasteiger partial charge in [0.1, 0.15) is 0 Å². The fraction of sp³-hybridized carbons (Fsp3) is 0.238. The molecule has 0 atom stereocenters. The highest BCUT2D eigenvalue weighted by molar-refractivity contribution is 6.06. The average molecular weight is 321 g/mol. The van der Waals surface area contributed by atoms with Gasteiger partial charge in [-0.05, 0) is 49.6 Å². The third kappa shape index (κ3) is 3.16. The van der Waals surface area contributed by atoms with Crippen molar-refractivity contribution in [1.82, 2.24) is 4.98 Å². The van der Waals surface area contributed by atoms with E-state index in [0.29, 0.717) is 16.5 Å². The maximum absolute atomic E-state index is 11.8. The molecule has 0 saturated heterocycles. The van der Waals surface area contributed by atoms with Crippen LogP contribution in [0.15, 0.2) is 42.5 Å². The summed E-state index contributed by atoms with van der Waals surface area (Å²) in [5.74, 6) is -0.912. The Kier molecular flexibility index (Phi) is 5.35. The number of pyridine rings is 1. The number of carbonyl (C=O) groups is 1. The van der Waals surface area contributed by atoms with Crippen LogP contribution in [0.4, 0.5) is 0 Å². The second-order valence-electron chi connectivity index (χ2n) is 5.59. The lowest BCUT2D eigenvalue weighted by molar-refractivity contribution is 0.0698. The van der Waals surface area contributed by atoms with E-state index >= 15 is 0 Å². The number of carboxylic acids is 1. The topological polar surface area (TPSA) is 50.2 Å². The SMILES string of the molecule is CC.Cc1cc2nc(-c3ccccc3)c(C)c(C(=O)O)c2cc1C. The van der Waals surface area contributed by atoms with Gasteiger partial charge in [-0.15, -0.1) is 0 Å². The van der Waals surface area contributed by atoms with Crippen LogP contribution < -0.4 is 0 Å². The number of rotatable bonds is 2. The standard InChI is InChI=1S/C19H17NO2.C2H6/c1-11-9-15-16(10-12(11)2)20-18(13(3)17(15)19(21)22)14-7-5-4-6-8-14;1-2/h4-10H,1-3H3,(H,21,22);1-2H3. The van der Waals surface area contributed by atoms with Gasteiger partial charge >= 0.3 is 5.97 Å². The molecule has 0 radical (unpaired) electrons. The first-order valence-corrected chi connectivity index (χ1v) is 8.19. The summed E-state index contributed by atoms with van der Waals surface area (Å²) in [5, 5.41) is 10.4. The van der Waals surface area contributed by atoms with E-state index in [9.17, 15) is 9.90 Å². The maximum Gasteiger partial charge on any atom is 0.336 e. The van der Waals surface area contributed by atoms with E-state index in [2.05, 4.69) is 0 Å². The molecule has 0 bridgehead atoms. The minimum atomic E-state index is -0.912. The van der Waals surface area contributed by atoms with Gasteiger partial charge in [0.15, 0.2) is 0 Å². The minimum Gasteiger partial charge on any atom is -0.478 e. The highest BCUT2D eigenvalue weighted by Crippen LogP contribution is 2.31. The van der Waals surface area contributed by atoms with Crippen molar-refractivity contribution in [3.8, 4) is 11.3 Å². The molecule has 1 aromatic heterocycles. The summed E-state index contributed by atoms with van der Waals surface area (Å²) in [6.07, 6.45) is 0. The van der Waals surface area contributed by atoms with Crippen molar-refractivity contribution >= 4 is 16.9 Å². The molecular weight excluding hydrogens is 298 g/mol. The lowest BCUT2D eigenvalue weighted by Gasteiger charge is -2.13. The molecule has 24 heavy (non-hydrogen) atoms. The van der Waals surface area contributed by atoms with Gasteiger partial charge in [0.05, 0.1) is 16.8 Å². The average Bonchev–Trinajstić information content (AvgIpc) is 2.58. The zero-order chi connectivity index (χ0) is 17.9. The van der Waals surface area contributed by atoms with Crippen molar-refractivity contribution in [3.63, 3.8) is 0 Å². The molecule has 0 aliphatic rings. The Hall–Kier alpha value is -2.68. The van der Waals surface area contributed by atoms with Crippen LogP contribution in [0.2, 0.25) is 0 Å². The molecule has 3 aromatic rings. The van der Waals surface area contributed by atoms with Crippen molar-refractivity contribution in [2.24, 2.45) is 0 Å². The van der Waals surface area contributed by atoms with Crippen molar-refractivity contribution in [2.45, 2.75) is 34.6 Å². The van der Waals surface area contributed by atoms with Crippen LogP contribution in [0.1, 0.15) is 40.9 Å². The van der Waals surface area contributed by atoms with Crippen LogP contribution in [0.5, 0.6) is 0 Å². The normalized spacial score (nSPS) is 10.2. The molecule has 0 aliphatic carbocycles. The van der Waals surface area contributed by atoms with E-state index in [1.165, 1.54) is 0 Å². The summed E-state index contributed by atoms with van der Waals surface area (Å²) >= 11 is 0. The molecule has 2 aromatic carbocycles. The van der Waals surface area contributed by atoms with Crippen molar-refractivity contribution in [1.29, 1.82) is 0 Å². The smallest absolute Gasteiger partial charge is 0.336 e. The molecule has 0 saturated carbocycles. The van der Waals surface area contributed by atoms with Crippen LogP contribution in [0.3, 0.4) is 0 Å². The molecule has 0 fully saturated rings. The molecule has 0 spiro atoms. The van der Waals surface area contributed by atoms with Crippen LogP contribution >= 0.6 is 0 Å². The van der Waals surface area contributed by atoms with E-state index in [4.69, 9.17) is 4.98 Å². The van der Waals surface area contributed by atoms with Gasteiger partial charge in [-0.1, -0.05) is 44.2 Å². The number of carboxylic acid groups (broad SMARTS) is 1. The second-order valence-corrected chi connectivity index (χ2v) is 5.59. The molecule has 0 amide bonds. The second kappa shape index (κ2) is 7.26. The van der Waals surface area contributed by atoms with Gasteiger partial charge in [-0.25, -0.2) is 9.78 Å². The first kappa shape index (κ1) is 17.7. The molecule has 0 unspecified atom stereocenters. The summed E-state index contributed by atoms with van der Waals surface area (Å²) in [6.45, 7) is 9.83. The molecule has 3 nitrogen and oxygen atoms in total. The fourth-order valence-corrected chi connectivity index (χ4v) is 2.77. The zero-order valence-electron chi connectivity index (χ0n) is 14.8. The number of hydrogen-bond acceptors (Lipinski definition) is 2. The van der Waals surface area contributed by atoms with Crippen LogP contribution in [-0.4, -0.2) is 16.1 Å². The first-order chi connectivity index (χ1) is 11.5. The van der Waals surface area contributed by atoms with Crippen molar-refractivity contribution in [2.75, 3.05) is 0 Å². The van der Waals surface area contributed by atoms with Gasteiger partial charge < -0.3 is 5.11 Å². The number of fused-ring (bicyclic) bond motifs is 1. The number of nitrogens with zero attached hydrogens (tertiary/aromatic N) is 1. The summed E-state index contributed by atoms with van der Waals surface area (Å²) < 4.78 is 0. The van der Waals surface area contributed by atoms with Crippen LogP contribution in [0, 0.1) is 20.8 Å². The van der Waals surface area contributed by atoms with Gasteiger partial charge in [0, 0.05) is 10.9 Å². The first-order valence-electron chi connectivity index (χ1n) is 8.19. The number of aryl methyl sites for hydroxylation is 2. The highest BCUT2D eigenvalue weighted by Gasteiger charge is 2.18. The summed E-state index contributed by atoms with van der Waals surface area (Å²) in [4.78, 5) is 16.5. The van der Waals surface area contributed by atoms with E-state index in [-0.39, 0.29) is 0 Å². The Bertz CT molecular complexity index is 883. The van der Waals surface area contributed by atoms with E-state index in [1.54, 1.807) is 0 Å². The van der Waals surface area contributed by atoms with Crippen LogP contribution in [-0.2, 0) is 0 Å². The minimum absolute atomic E-state index is 0.340. The third-order valence-electron chi connectivity index (χ3n) is 4.10. The van der Waals surface area contributed by atoms with Gasteiger partial charge in [0.2, 0.25) is 0 Å². The van der Waals surface area contributed by atoms with E-state index in [1.807, 2.05) is 77.1 Å². The van der Waals surface area contributed by atoms with Crippen molar-refractivity contribution < 1.29 is 9.90 Å². The Morgan fingerprint density at radius 3 is 2.12 bits per heavy atom. The molecule has 1 N–H and O–H groups in total. The van der Waals surface area contributed by atoms with Gasteiger partial charge in [0.25, 0.3) is 0 Å². The largest absolute Gasteiger partial charge is 0.478 e. The molecule has 1 heterocycles. The number of aromatic nitrogens is 1. The van der Waals surface area contributed by atoms with Gasteiger partial charge in [-0.2, -0.15) is 0 Å².